The van der Waals surface area contributed by atoms with Crippen LogP contribution in [0.25, 0.3) is 11.0 Å². The van der Waals surface area contributed by atoms with E-state index < -0.39 is 40.1 Å². The molecule has 1 aliphatic heterocycles. The number of hydrogen-bond donors (Lipinski definition) is 6. The monoisotopic (exact) mass is 604 g/mol. The highest BCUT2D eigenvalue weighted by atomic mass is 31.3. The summed E-state index contributed by atoms with van der Waals surface area (Å²) in [4.78, 5) is 40.0. The minimum absolute atomic E-state index is 0.0277. The fraction of sp³-hybridized carbons (Fsp3) is 0.412. The van der Waals surface area contributed by atoms with Gasteiger partial charge in [0, 0.05) is 25.5 Å². The number of hydroxylamine groups is 1. The summed E-state index contributed by atoms with van der Waals surface area (Å²) in [5.74, 6) is -1.70. The molecule has 3 atom stereocenters. The third-order valence-electron chi connectivity index (χ3n) is 4.14. The number of hydrogen-bond acceptors (Lipinski definition) is 14. The standard InChI is InChI=1S/C9H19F3N6O9P2.C8H6N2/c10-9(11,12)25-29(23,27-28(21,22)26-18-5-4-16-17-18)24-7(19)6(13)2-1-3-15-8(14)20;1-2-4-8-7(3-1)9-5-6-10-8/h6,16-17H,1-5,13H2,(H,21,22)(H3,14,15,20);1-6H/t6-,29?;/m0./s1. The Morgan fingerprint density at radius 1 is 1.21 bits per heavy atom. The largest absolute Gasteiger partial charge is 0.548 e. The number of fused-ring (bicyclic) bond motifs is 1. The third-order valence-corrected chi connectivity index (χ3v) is 7.00. The molecule has 1 aliphatic rings. The molecule has 0 aliphatic carbocycles. The first-order chi connectivity index (χ1) is 18.2. The van der Waals surface area contributed by atoms with Crippen molar-refractivity contribution in [3.05, 3.63) is 36.7 Å². The van der Waals surface area contributed by atoms with E-state index in [2.05, 4.69) is 44.2 Å². The number of primary amides is 1. The van der Waals surface area contributed by atoms with Crippen molar-refractivity contribution >= 4 is 38.7 Å². The minimum atomic E-state index is -6.04. The quantitative estimate of drug-likeness (QED) is 0.154. The smallest absolute Gasteiger partial charge is 0.369 e. The maximum atomic E-state index is 12.5. The molecule has 1 aromatic heterocycles. The zero-order valence-electron chi connectivity index (χ0n) is 19.8. The van der Waals surface area contributed by atoms with Crippen LogP contribution in [0.5, 0.6) is 0 Å². The van der Waals surface area contributed by atoms with Gasteiger partial charge in [0.2, 0.25) is 0 Å². The van der Waals surface area contributed by atoms with Gasteiger partial charge in [0.1, 0.15) is 6.04 Å². The second-order valence-electron chi connectivity index (χ2n) is 7.25. The van der Waals surface area contributed by atoms with Crippen LogP contribution in [-0.2, 0) is 31.9 Å². The van der Waals surface area contributed by atoms with Crippen LogP contribution in [0.4, 0.5) is 18.0 Å². The van der Waals surface area contributed by atoms with Gasteiger partial charge in [-0.1, -0.05) is 17.3 Å². The lowest BCUT2D eigenvalue weighted by Gasteiger charge is -2.23. The summed E-state index contributed by atoms with van der Waals surface area (Å²) < 4.78 is 76.8. The summed E-state index contributed by atoms with van der Waals surface area (Å²) in [5, 5.41) is 2.71. The second-order valence-corrected chi connectivity index (χ2v) is 10.3. The molecular formula is C17H25F3N8O9P2. The van der Waals surface area contributed by atoms with Gasteiger partial charge in [0.05, 0.1) is 17.6 Å². The molecule has 0 bridgehead atoms. The number of aromatic nitrogens is 2. The van der Waals surface area contributed by atoms with E-state index in [1.807, 2.05) is 24.3 Å². The van der Waals surface area contributed by atoms with Crippen LogP contribution >= 0.6 is 15.6 Å². The topological polar surface area (TPSA) is 243 Å². The number of carbonyl (C=O) groups is 2. The molecule has 2 heterocycles. The van der Waals surface area contributed by atoms with Gasteiger partial charge in [0.15, 0.2) is 0 Å². The number of nitrogens with one attached hydrogen (secondary N) is 3. The minimum Gasteiger partial charge on any atom is -0.369 e. The number of hydrazine groups is 2. The number of nitrogens with zero attached hydrogens (tertiary/aromatic N) is 3. The van der Waals surface area contributed by atoms with Crippen molar-refractivity contribution in [3.8, 4) is 0 Å². The molecule has 1 fully saturated rings. The van der Waals surface area contributed by atoms with E-state index in [1.165, 1.54) is 0 Å². The Balaban J connectivity index is 0.000000437. The van der Waals surface area contributed by atoms with Gasteiger partial charge in [-0.2, -0.15) is 19.0 Å². The lowest BCUT2D eigenvalue weighted by atomic mass is 10.2. The zero-order chi connectivity index (χ0) is 29.1. The normalized spacial score (nSPS) is 17.8. The Bertz CT molecular complexity index is 1140. The van der Waals surface area contributed by atoms with E-state index in [0.717, 1.165) is 11.0 Å². The number of phosphoric acid groups is 2. The predicted molar refractivity (Wildman–Crippen MR) is 125 cm³/mol. The van der Waals surface area contributed by atoms with Crippen LogP contribution in [0, 0.1) is 0 Å². The van der Waals surface area contributed by atoms with Crippen molar-refractivity contribution in [2.45, 2.75) is 25.2 Å². The van der Waals surface area contributed by atoms with Crippen molar-refractivity contribution in [1.29, 1.82) is 0 Å². The Hall–Kier alpha value is -2.77. The van der Waals surface area contributed by atoms with Gasteiger partial charge >= 0.3 is 34.0 Å². The van der Waals surface area contributed by atoms with Crippen molar-refractivity contribution in [2.24, 2.45) is 11.5 Å². The molecule has 8 N–H and O–H groups in total. The first kappa shape index (κ1) is 32.4. The molecule has 0 saturated carbocycles. The van der Waals surface area contributed by atoms with E-state index >= 15 is 0 Å². The predicted octanol–water partition coefficient (Wildman–Crippen LogP) is 0.953. The van der Waals surface area contributed by atoms with E-state index in [-0.39, 0.29) is 32.5 Å². The van der Waals surface area contributed by atoms with Crippen LogP contribution in [0.2, 0.25) is 0 Å². The second kappa shape index (κ2) is 14.6. The van der Waals surface area contributed by atoms with E-state index in [0.29, 0.717) is 5.17 Å². The van der Waals surface area contributed by atoms with Crippen molar-refractivity contribution in [1.82, 2.24) is 31.4 Å². The van der Waals surface area contributed by atoms with Crippen LogP contribution in [0.1, 0.15) is 12.8 Å². The molecule has 39 heavy (non-hydrogen) atoms. The number of rotatable bonds is 11. The zero-order valence-corrected chi connectivity index (χ0v) is 21.6. The summed E-state index contributed by atoms with van der Waals surface area (Å²) in [5.41, 5.74) is 16.7. The molecule has 2 aromatic rings. The number of urea groups is 1. The Morgan fingerprint density at radius 2 is 1.82 bits per heavy atom. The van der Waals surface area contributed by atoms with Crippen molar-refractivity contribution < 1.29 is 54.8 Å². The number of para-hydroxylation sites is 2. The summed E-state index contributed by atoms with van der Waals surface area (Å²) in [6.45, 7) is 0.133. The average Bonchev–Trinajstić information content (AvgIpc) is 3.32. The first-order valence-corrected chi connectivity index (χ1v) is 13.7. The van der Waals surface area contributed by atoms with E-state index in [1.54, 1.807) is 12.4 Å². The molecule has 17 nitrogen and oxygen atoms in total. The molecule has 0 radical (unpaired) electrons. The van der Waals surface area contributed by atoms with Gasteiger partial charge in [0.25, 0.3) is 0 Å². The summed E-state index contributed by atoms with van der Waals surface area (Å²) in [6, 6.07) is 5.31. The first-order valence-electron chi connectivity index (χ1n) is 10.7. The van der Waals surface area contributed by atoms with Crippen LogP contribution in [0.3, 0.4) is 0 Å². The molecular weight excluding hydrogens is 579 g/mol. The maximum Gasteiger partial charge on any atom is 0.548 e. The Labute approximate surface area is 218 Å². The number of halogens is 3. The number of alkyl halides is 3. The third kappa shape index (κ3) is 12.8. The Morgan fingerprint density at radius 3 is 2.33 bits per heavy atom. The van der Waals surface area contributed by atoms with Crippen LogP contribution < -0.4 is 27.7 Å². The van der Waals surface area contributed by atoms with Gasteiger partial charge in [-0.15, -0.1) is 13.2 Å². The molecule has 1 saturated heterocycles. The number of benzene rings is 1. The van der Waals surface area contributed by atoms with Crippen molar-refractivity contribution in [3.63, 3.8) is 0 Å². The average molecular weight is 604 g/mol. The van der Waals surface area contributed by atoms with Gasteiger partial charge in [-0.25, -0.2) is 24.1 Å². The maximum absolute atomic E-state index is 12.5. The molecule has 2 amide bonds. The lowest BCUT2D eigenvalue weighted by molar-refractivity contribution is -0.281. The lowest BCUT2D eigenvalue weighted by Crippen LogP contribution is -2.35. The SMILES string of the molecule is NC(=O)NCCC[C@H](N)C(=O)OP(=O)(OC(F)(F)F)OP(=O)(O)ON1CCNN1.c1ccc2nccnc2c1. The molecule has 1 aromatic carbocycles. The van der Waals surface area contributed by atoms with E-state index in [9.17, 15) is 36.8 Å². The highest BCUT2D eigenvalue weighted by Crippen LogP contribution is 2.65. The summed E-state index contributed by atoms with van der Waals surface area (Å²) in [7, 11) is -11.6. The van der Waals surface area contributed by atoms with Crippen LogP contribution in [0.15, 0.2) is 36.7 Å². The summed E-state index contributed by atoms with van der Waals surface area (Å²) in [6.07, 6.45) is -2.50. The number of carbonyl (C=O) groups excluding carboxylic acids is 2. The highest BCUT2D eigenvalue weighted by molar-refractivity contribution is 7.62. The Kier molecular flexibility index (Phi) is 12.1. The summed E-state index contributed by atoms with van der Waals surface area (Å²) >= 11 is 0. The molecule has 2 unspecified atom stereocenters. The highest BCUT2D eigenvalue weighted by Gasteiger charge is 2.51. The number of nitrogens with two attached hydrogens (primary N) is 2. The van der Waals surface area contributed by atoms with Gasteiger partial charge < -0.3 is 26.2 Å². The van der Waals surface area contributed by atoms with Crippen LogP contribution in [-0.4, -0.2) is 64.1 Å². The fourth-order valence-electron chi connectivity index (χ4n) is 2.60. The number of phosphoric ester groups is 1. The van der Waals surface area contributed by atoms with E-state index in [4.69, 9.17) is 11.5 Å². The molecule has 22 heteroatoms. The van der Waals surface area contributed by atoms with Gasteiger partial charge in [-0.3, -0.25) is 9.97 Å². The van der Waals surface area contributed by atoms with Crippen molar-refractivity contribution in [2.75, 3.05) is 19.6 Å². The molecule has 0 spiro atoms. The molecule has 218 valence electrons. The fourth-order valence-corrected chi connectivity index (χ4v) is 5.02. The molecule has 3 rings (SSSR count). The van der Waals surface area contributed by atoms with Gasteiger partial charge in [-0.05, 0) is 25.0 Å². The number of amides is 2.